The highest BCUT2D eigenvalue weighted by Crippen LogP contribution is 2.24. The summed E-state index contributed by atoms with van der Waals surface area (Å²) in [6.07, 6.45) is 5.06. The van der Waals surface area contributed by atoms with E-state index in [4.69, 9.17) is 0 Å². The SMILES string of the molecule is O=C(c1cc([N+](=O)[O-])cc([N+](=O)[O-])c1)N1C=CCCC1. The van der Waals surface area contributed by atoms with Crippen molar-refractivity contribution in [1.29, 1.82) is 0 Å². The first kappa shape index (κ1) is 13.7. The van der Waals surface area contributed by atoms with Gasteiger partial charge in [-0.2, -0.15) is 0 Å². The van der Waals surface area contributed by atoms with Crippen LogP contribution in [0.25, 0.3) is 0 Å². The Hall–Kier alpha value is -2.77. The van der Waals surface area contributed by atoms with Crippen molar-refractivity contribution in [3.63, 3.8) is 0 Å². The zero-order valence-electron chi connectivity index (χ0n) is 10.4. The van der Waals surface area contributed by atoms with Gasteiger partial charge in [-0.05, 0) is 12.8 Å². The van der Waals surface area contributed by atoms with Crippen LogP contribution in [-0.4, -0.2) is 27.2 Å². The summed E-state index contributed by atoms with van der Waals surface area (Å²) in [5, 5.41) is 21.5. The molecule has 20 heavy (non-hydrogen) atoms. The molecule has 0 saturated carbocycles. The van der Waals surface area contributed by atoms with Gasteiger partial charge in [-0.15, -0.1) is 0 Å². The summed E-state index contributed by atoms with van der Waals surface area (Å²) < 4.78 is 0. The van der Waals surface area contributed by atoms with Crippen LogP contribution >= 0.6 is 0 Å². The monoisotopic (exact) mass is 277 g/mol. The predicted molar refractivity (Wildman–Crippen MR) is 69.2 cm³/mol. The number of hydrogen-bond acceptors (Lipinski definition) is 5. The van der Waals surface area contributed by atoms with E-state index in [1.165, 1.54) is 4.90 Å². The predicted octanol–water partition coefficient (Wildman–Crippen LogP) is 2.25. The Morgan fingerprint density at radius 3 is 2.15 bits per heavy atom. The third-order valence-electron chi connectivity index (χ3n) is 2.89. The van der Waals surface area contributed by atoms with E-state index in [0.717, 1.165) is 31.0 Å². The van der Waals surface area contributed by atoms with E-state index < -0.39 is 27.1 Å². The number of rotatable bonds is 3. The molecule has 1 amide bonds. The van der Waals surface area contributed by atoms with Crippen molar-refractivity contribution in [2.45, 2.75) is 12.8 Å². The molecule has 0 spiro atoms. The first-order valence-corrected chi connectivity index (χ1v) is 5.90. The topological polar surface area (TPSA) is 107 Å². The average Bonchev–Trinajstić information content (AvgIpc) is 2.46. The normalized spacial score (nSPS) is 14.1. The number of nitro benzene ring substituents is 2. The summed E-state index contributed by atoms with van der Waals surface area (Å²) in [5.41, 5.74) is -0.996. The van der Waals surface area contributed by atoms with Crippen molar-refractivity contribution < 1.29 is 14.6 Å². The Morgan fingerprint density at radius 1 is 1.10 bits per heavy atom. The van der Waals surface area contributed by atoms with E-state index in [9.17, 15) is 25.0 Å². The van der Waals surface area contributed by atoms with E-state index in [1.807, 2.05) is 6.08 Å². The highest BCUT2D eigenvalue weighted by molar-refractivity contribution is 5.96. The molecule has 0 saturated heterocycles. The van der Waals surface area contributed by atoms with Gasteiger partial charge in [0.1, 0.15) is 0 Å². The van der Waals surface area contributed by atoms with Gasteiger partial charge < -0.3 is 4.90 Å². The Morgan fingerprint density at radius 2 is 1.70 bits per heavy atom. The third kappa shape index (κ3) is 2.79. The van der Waals surface area contributed by atoms with Crippen molar-refractivity contribution in [3.8, 4) is 0 Å². The van der Waals surface area contributed by atoms with Crippen LogP contribution in [0.4, 0.5) is 11.4 Å². The van der Waals surface area contributed by atoms with Crippen LogP contribution in [-0.2, 0) is 0 Å². The van der Waals surface area contributed by atoms with E-state index in [-0.39, 0.29) is 5.56 Å². The van der Waals surface area contributed by atoms with Crippen molar-refractivity contribution >= 4 is 17.3 Å². The number of hydrogen-bond donors (Lipinski definition) is 0. The number of nitro groups is 2. The molecule has 0 unspecified atom stereocenters. The summed E-state index contributed by atoms with van der Waals surface area (Å²) in [6, 6.07) is 2.94. The van der Waals surface area contributed by atoms with E-state index in [1.54, 1.807) is 6.20 Å². The lowest BCUT2D eigenvalue weighted by atomic mass is 10.1. The molecule has 0 radical (unpaired) electrons. The molecule has 1 heterocycles. The summed E-state index contributed by atoms with van der Waals surface area (Å²) >= 11 is 0. The lowest BCUT2D eigenvalue weighted by Gasteiger charge is -2.21. The zero-order chi connectivity index (χ0) is 14.7. The van der Waals surface area contributed by atoms with Gasteiger partial charge >= 0.3 is 0 Å². The number of non-ortho nitro benzene ring substituents is 2. The molecular formula is C12H11N3O5. The summed E-state index contributed by atoms with van der Waals surface area (Å²) in [6.45, 7) is 0.492. The number of amides is 1. The molecule has 104 valence electrons. The molecule has 0 atom stereocenters. The summed E-state index contributed by atoms with van der Waals surface area (Å²) in [7, 11) is 0. The Kier molecular flexibility index (Phi) is 3.74. The fourth-order valence-corrected chi connectivity index (χ4v) is 1.92. The standard InChI is InChI=1S/C12H11N3O5/c16-12(13-4-2-1-3-5-13)9-6-10(14(17)18)8-11(7-9)15(19)20/h2,4,6-8H,1,3,5H2. The van der Waals surface area contributed by atoms with Gasteiger partial charge in [-0.25, -0.2) is 0 Å². The minimum atomic E-state index is -0.754. The third-order valence-corrected chi connectivity index (χ3v) is 2.89. The van der Waals surface area contributed by atoms with Gasteiger partial charge in [-0.3, -0.25) is 25.0 Å². The molecule has 1 aromatic rings. The second-order valence-corrected chi connectivity index (χ2v) is 4.28. The quantitative estimate of drug-likeness (QED) is 0.622. The maximum Gasteiger partial charge on any atom is 0.277 e. The fourth-order valence-electron chi connectivity index (χ4n) is 1.92. The molecule has 8 heteroatoms. The van der Waals surface area contributed by atoms with Crippen LogP contribution in [0.2, 0.25) is 0 Å². The number of nitrogens with zero attached hydrogens (tertiary/aromatic N) is 3. The number of carbonyl (C=O) groups excluding carboxylic acids is 1. The molecule has 0 aliphatic carbocycles. The average molecular weight is 277 g/mol. The van der Waals surface area contributed by atoms with Crippen LogP contribution in [0.15, 0.2) is 30.5 Å². The van der Waals surface area contributed by atoms with Gasteiger partial charge in [0.05, 0.1) is 21.5 Å². The van der Waals surface area contributed by atoms with Crippen LogP contribution in [0, 0.1) is 20.2 Å². The minimum absolute atomic E-state index is 0.0579. The lowest BCUT2D eigenvalue weighted by molar-refractivity contribution is -0.394. The van der Waals surface area contributed by atoms with Crippen molar-refractivity contribution in [2.24, 2.45) is 0 Å². The highest BCUT2D eigenvalue weighted by atomic mass is 16.6. The molecule has 0 aromatic heterocycles. The maximum absolute atomic E-state index is 12.2. The van der Waals surface area contributed by atoms with Gasteiger partial charge in [0.15, 0.2) is 0 Å². The maximum atomic E-state index is 12.2. The first-order valence-electron chi connectivity index (χ1n) is 5.90. The second-order valence-electron chi connectivity index (χ2n) is 4.28. The molecule has 1 aromatic carbocycles. The van der Waals surface area contributed by atoms with Gasteiger partial charge in [0.25, 0.3) is 17.3 Å². The van der Waals surface area contributed by atoms with Crippen molar-refractivity contribution in [3.05, 3.63) is 56.3 Å². The molecule has 1 aliphatic heterocycles. The highest BCUT2D eigenvalue weighted by Gasteiger charge is 2.22. The summed E-state index contributed by atoms with van der Waals surface area (Å²) in [5.74, 6) is -0.479. The largest absolute Gasteiger partial charge is 0.315 e. The molecule has 8 nitrogen and oxygen atoms in total. The molecule has 0 fully saturated rings. The second kappa shape index (κ2) is 5.47. The lowest BCUT2D eigenvalue weighted by Crippen LogP contribution is -2.28. The Balaban J connectivity index is 2.41. The minimum Gasteiger partial charge on any atom is -0.315 e. The van der Waals surface area contributed by atoms with Crippen molar-refractivity contribution in [2.75, 3.05) is 6.54 Å². The first-order chi connectivity index (χ1) is 9.49. The molecular weight excluding hydrogens is 266 g/mol. The van der Waals surface area contributed by atoms with E-state index >= 15 is 0 Å². The summed E-state index contributed by atoms with van der Waals surface area (Å²) in [4.78, 5) is 33.6. The van der Waals surface area contributed by atoms with Crippen LogP contribution in [0.3, 0.4) is 0 Å². The molecule has 2 rings (SSSR count). The Labute approximate surface area is 113 Å². The molecule has 1 aliphatic rings. The number of benzene rings is 1. The van der Waals surface area contributed by atoms with Gasteiger partial charge in [0, 0.05) is 24.9 Å². The molecule has 0 N–H and O–H groups in total. The van der Waals surface area contributed by atoms with Gasteiger partial charge in [-0.1, -0.05) is 6.08 Å². The molecule has 0 bridgehead atoms. The smallest absolute Gasteiger partial charge is 0.277 e. The van der Waals surface area contributed by atoms with Crippen LogP contribution in [0.1, 0.15) is 23.2 Å². The van der Waals surface area contributed by atoms with E-state index in [0.29, 0.717) is 6.54 Å². The zero-order valence-corrected chi connectivity index (χ0v) is 10.4. The number of allylic oxidation sites excluding steroid dienone is 1. The number of carbonyl (C=O) groups is 1. The van der Waals surface area contributed by atoms with Crippen molar-refractivity contribution in [1.82, 2.24) is 4.90 Å². The fraction of sp³-hybridized carbons (Fsp3) is 0.250. The van der Waals surface area contributed by atoms with Crippen LogP contribution in [0.5, 0.6) is 0 Å². The Bertz CT molecular complexity index is 579. The van der Waals surface area contributed by atoms with Gasteiger partial charge in [0.2, 0.25) is 0 Å². The van der Waals surface area contributed by atoms with Crippen LogP contribution < -0.4 is 0 Å². The van der Waals surface area contributed by atoms with E-state index in [2.05, 4.69) is 0 Å².